The molecule has 2 aliphatic rings. The average molecular weight is 413 g/mol. The van der Waals surface area contributed by atoms with Gasteiger partial charge in [0.15, 0.2) is 17.3 Å². The maximum atomic E-state index is 13.3. The van der Waals surface area contributed by atoms with E-state index >= 15 is 0 Å². The van der Waals surface area contributed by atoms with Crippen LogP contribution in [-0.2, 0) is 10.2 Å². The normalized spacial score (nSPS) is 15.8. The maximum Gasteiger partial charge on any atom is 0.236 e. The Morgan fingerprint density at radius 2 is 1.90 bits per heavy atom. The van der Waals surface area contributed by atoms with E-state index in [0.29, 0.717) is 23.0 Å². The van der Waals surface area contributed by atoms with E-state index in [1.807, 2.05) is 61.5 Å². The number of benzene rings is 2. The Labute approximate surface area is 178 Å². The van der Waals surface area contributed by atoms with Gasteiger partial charge in [0.1, 0.15) is 0 Å². The number of pyridine rings is 1. The van der Waals surface area contributed by atoms with Crippen LogP contribution in [0.1, 0.15) is 24.2 Å². The average Bonchev–Trinajstić information content (AvgIpc) is 3.20. The first-order valence-corrected chi connectivity index (χ1v) is 10.2. The summed E-state index contributed by atoms with van der Waals surface area (Å²) in [5.74, 6) is 1.90. The molecular formula is C24H19N3O4. The fourth-order valence-corrected chi connectivity index (χ4v) is 4.02. The van der Waals surface area contributed by atoms with Crippen LogP contribution in [0.15, 0.2) is 59.1 Å². The van der Waals surface area contributed by atoms with Crippen molar-refractivity contribution in [3.05, 3.63) is 66.0 Å². The molecule has 6 rings (SSSR count). The third kappa shape index (κ3) is 2.92. The molecule has 7 heteroatoms. The Morgan fingerprint density at radius 3 is 2.77 bits per heavy atom. The molecule has 4 aromatic rings. The minimum absolute atomic E-state index is 0.0777. The van der Waals surface area contributed by atoms with Gasteiger partial charge in [0.2, 0.25) is 12.7 Å². The molecule has 1 aliphatic carbocycles. The first-order valence-electron chi connectivity index (χ1n) is 10.2. The summed E-state index contributed by atoms with van der Waals surface area (Å²) in [5.41, 5.74) is 3.35. The van der Waals surface area contributed by atoms with Crippen molar-refractivity contribution in [3.63, 3.8) is 0 Å². The summed E-state index contributed by atoms with van der Waals surface area (Å²) in [7, 11) is 0. The van der Waals surface area contributed by atoms with Crippen molar-refractivity contribution in [1.82, 2.24) is 10.1 Å². The van der Waals surface area contributed by atoms with E-state index in [4.69, 9.17) is 14.0 Å². The van der Waals surface area contributed by atoms with Crippen molar-refractivity contribution in [2.45, 2.75) is 25.2 Å². The summed E-state index contributed by atoms with van der Waals surface area (Å²) in [6.45, 7) is 2.17. The number of carbonyl (C=O) groups is 1. The number of hydrogen-bond acceptors (Lipinski definition) is 6. The van der Waals surface area contributed by atoms with Crippen LogP contribution in [0, 0.1) is 6.92 Å². The molecule has 1 N–H and O–H groups in total. The number of fused-ring (bicyclic) bond motifs is 2. The van der Waals surface area contributed by atoms with Gasteiger partial charge in [-0.1, -0.05) is 11.2 Å². The Bertz CT molecular complexity index is 1340. The number of ether oxygens (including phenoxy) is 2. The SMILES string of the molecule is Cc1ccc2c(NC(=O)C3(c4cc(-c5ccc6c(c5)OCO6)on4)CC3)cccc2n1. The fourth-order valence-electron chi connectivity index (χ4n) is 4.02. The van der Waals surface area contributed by atoms with Crippen molar-refractivity contribution in [2.75, 3.05) is 12.1 Å². The van der Waals surface area contributed by atoms with E-state index in [2.05, 4.69) is 15.5 Å². The second-order valence-electron chi connectivity index (χ2n) is 8.01. The second-order valence-corrected chi connectivity index (χ2v) is 8.01. The van der Waals surface area contributed by atoms with Gasteiger partial charge in [0.05, 0.1) is 22.3 Å². The molecule has 0 radical (unpaired) electrons. The van der Waals surface area contributed by atoms with Gasteiger partial charge in [0.25, 0.3) is 0 Å². The number of hydrogen-bond donors (Lipinski definition) is 1. The summed E-state index contributed by atoms with van der Waals surface area (Å²) in [6, 6.07) is 17.1. The molecule has 0 bridgehead atoms. The summed E-state index contributed by atoms with van der Waals surface area (Å²) >= 11 is 0. The van der Waals surface area contributed by atoms with E-state index in [0.717, 1.165) is 40.7 Å². The Balaban J connectivity index is 1.28. The highest BCUT2D eigenvalue weighted by Gasteiger charge is 2.54. The molecule has 31 heavy (non-hydrogen) atoms. The number of nitrogens with zero attached hydrogens (tertiary/aromatic N) is 2. The van der Waals surface area contributed by atoms with Crippen LogP contribution in [0.25, 0.3) is 22.2 Å². The minimum Gasteiger partial charge on any atom is -0.454 e. The summed E-state index contributed by atoms with van der Waals surface area (Å²) in [6.07, 6.45) is 1.46. The molecule has 0 atom stereocenters. The van der Waals surface area contributed by atoms with E-state index < -0.39 is 5.41 Å². The molecule has 0 saturated heterocycles. The van der Waals surface area contributed by atoms with Gasteiger partial charge in [-0.2, -0.15) is 0 Å². The smallest absolute Gasteiger partial charge is 0.236 e. The number of nitrogens with one attached hydrogen (secondary N) is 1. The zero-order valence-electron chi connectivity index (χ0n) is 16.8. The number of amides is 1. The highest BCUT2D eigenvalue weighted by molar-refractivity contribution is 6.06. The molecule has 7 nitrogen and oxygen atoms in total. The number of carbonyl (C=O) groups excluding carboxylic acids is 1. The number of aromatic nitrogens is 2. The highest BCUT2D eigenvalue weighted by Crippen LogP contribution is 2.49. The van der Waals surface area contributed by atoms with Gasteiger partial charge in [-0.15, -0.1) is 0 Å². The van der Waals surface area contributed by atoms with Crippen molar-refractivity contribution >= 4 is 22.5 Å². The van der Waals surface area contributed by atoms with Crippen LogP contribution < -0.4 is 14.8 Å². The standard InChI is InChI=1S/C24H19N3O4/c1-14-5-7-16-17(25-14)3-2-4-18(16)26-23(28)24(9-10-24)22-12-20(31-27-22)15-6-8-19-21(11-15)30-13-29-19/h2-8,11-12H,9-10,13H2,1H3,(H,26,28). The molecule has 1 saturated carbocycles. The number of anilines is 1. The quantitative estimate of drug-likeness (QED) is 0.526. The van der Waals surface area contributed by atoms with E-state index in [9.17, 15) is 4.79 Å². The Kier molecular flexibility index (Phi) is 3.80. The van der Waals surface area contributed by atoms with Crippen molar-refractivity contribution in [2.24, 2.45) is 0 Å². The topological polar surface area (TPSA) is 86.5 Å². The fraction of sp³-hybridized carbons (Fsp3) is 0.208. The van der Waals surface area contributed by atoms with Gasteiger partial charge in [-0.05, 0) is 62.2 Å². The van der Waals surface area contributed by atoms with Gasteiger partial charge in [-0.25, -0.2) is 0 Å². The van der Waals surface area contributed by atoms with Crippen molar-refractivity contribution in [1.29, 1.82) is 0 Å². The Morgan fingerprint density at radius 1 is 1.03 bits per heavy atom. The zero-order chi connectivity index (χ0) is 21.0. The van der Waals surface area contributed by atoms with Crippen molar-refractivity contribution < 1.29 is 18.8 Å². The van der Waals surface area contributed by atoms with Crippen LogP contribution in [0.3, 0.4) is 0 Å². The minimum atomic E-state index is -0.668. The predicted octanol–water partition coefficient (Wildman–Crippen LogP) is 4.60. The van der Waals surface area contributed by atoms with Crippen LogP contribution in [-0.4, -0.2) is 22.8 Å². The lowest BCUT2D eigenvalue weighted by Gasteiger charge is -2.14. The lowest BCUT2D eigenvalue weighted by Crippen LogP contribution is -2.28. The van der Waals surface area contributed by atoms with Gasteiger partial charge in [-0.3, -0.25) is 9.78 Å². The molecule has 0 unspecified atom stereocenters. The molecule has 1 aliphatic heterocycles. The second kappa shape index (κ2) is 6.57. The zero-order valence-corrected chi connectivity index (χ0v) is 16.8. The van der Waals surface area contributed by atoms with Gasteiger partial charge in [0, 0.05) is 22.7 Å². The molecular weight excluding hydrogens is 394 g/mol. The molecule has 2 aromatic carbocycles. The number of aryl methyl sites for hydroxylation is 1. The lowest BCUT2D eigenvalue weighted by atomic mass is 9.99. The first-order chi connectivity index (χ1) is 15.1. The van der Waals surface area contributed by atoms with Gasteiger partial charge < -0.3 is 19.3 Å². The summed E-state index contributed by atoms with van der Waals surface area (Å²) < 4.78 is 16.4. The molecule has 3 heterocycles. The third-order valence-corrected chi connectivity index (χ3v) is 5.96. The van der Waals surface area contributed by atoms with Crippen LogP contribution >= 0.6 is 0 Å². The number of rotatable bonds is 4. The van der Waals surface area contributed by atoms with Crippen molar-refractivity contribution in [3.8, 4) is 22.8 Å². The van der Waals surface area contributed by atoms with E-state index in [1.165, 1.54) is 0 Å². The van der Waals surface area contributed by atoms with Crippen LogP contribution in [0.2, 0.25) is 0 Å². The summed E-state index contributed by atoms with van der Waals surface area (Å²) in [5, 5.41) is 8.24. The molecule has 154 valence electrons. The monoisotopic (exact) mass is 413 g/mol. The largest absolute Gasteiger partial charge is 0.454 e. The van der Waals surface area contributed by atoms with E-state index in [-0.39, 0.29) is 12.7 Å². The van der Waals surface area contributed by atoms with E-state index in [1.54, 1.807) is 0 Å². The highest BCUT2D eigenvalue weighted by atomic mass is 16.7. The molecule has 1 amide bonds. The third-order valence-electron chi connectivity index (χ3n) is 5.96. The first kappa shape index (κ1) is 17.9. The molecule has 1 fully saturated rings. The van der Waals surface area contributed by atoms with Gasteiger partial charge >= 0.3 is 0 Å². The molecule has 0 spiro atoms. The van der Waals surface area contributed by atoms with Crippen LogP contribution in [0.5, 0.6) is 11.5 Å². The Hall–Kier alpha value is -3.87. The molecule has 2 aromatic heterocycles. The predicted molar refractivity (Wildman–Crippen MR) is 114 cm³/mol. The van der Waals surface area contributed by atoms with Crippen LogP contribution in [0.4, 0.5) is 5.69 Å². The maximum absolute atomic E-state index is 13.3. The lowest BCUT2D eigenvalue weighted by molar-refractivity contribution is -0.118. The summed E-state index contributed by atoms with van der Waals surface area (Å²) in [4.78, 5) is 17.8.